The molecule has 0 radical (unpaired) electrons. The molecular weight excluding hydrogens is 228 g/mol. The van der Waals surface area contributed by atoms with Crippen LogP contribution in [0.4, 0.5) is 0 Å². The lowest BCUT2D eigenvalue weighted by molar-refractivity contribution is 0.0269. The Morgan fingerprint density at radius 1 is 1.28 bits per heavy atom. The normalized spacial score (nSPS) is 35.4. The topological polar surface area (TPSA) is 58.9 Å². The van der Waals surface area contributed by atoms with Gasteiger partial charge in [0.1, 0.15) is 0 Å². The molecule has 0 heterocycles. The van der Waals surface area contributed by atoms with E-state index in [-0.39, 0.29) is 17.5 Å². The van der Waals surface area contributed by atoms with Gasteiger partial charge in [-0.3, -0.25) is 0 Å². The van der Waals surface area contributed by atoms with Gasteiger partial charge in [-0.05, 0) is 56.3 Å². The van der Waals surface area contributed by atoms with Gasteiger partial charge in [0.15, 0.2) is 0 Å². The Balaban J connectivity index is 2.18. The minimum absolute atomic E-state index is 0.0292. The Kier molecular flexibility index (Phi) is 4.11. The van der Waals surface area contributed by atoms with Crippen molar-refractivity contribution >= 4 is 12.2 Å². The van der Waals surface area contributed by atoms with Gasteiger partial charge >= 0.3 is 0 Å². The summed E-state index contributed by atoms with van der Waals surface area (Å²) in [4.78, 5) is 29.0. The van der Waals surface area contributed by atoms with Crippen LogP contribution in [0.1, 0.15) is 51.9 Å². The van der Waals surface area contributed by atoms with Crippen molar-refractivity contribution < 1.29 is 9.59 Å². The van der Waals surface area contributed by atoms with E-state index in [1.165, 1.54) is 12.8 Å². The van der Waals surface area contributed by atoms with Crippen molar-refractivity contribution in [3.63, 3.8) is 0 Å². The number of fused-ring (bicyclic) bond motifs is 3. The third-order valence-corrected chi connectivity index (χ3v) is 4.92. The van der Waals surface area contributed by atoms with Crippen molar-refractivity contribution in [2.45, 2.75) is 64.0 Å². The monoisotopic (exact) mass is 248 g/mol. The third-order valence-electron chi connectivity index (χ3n) is 4.92. The molecule has 3 saturated carbocycles. The summed E-state index contributed by atoms with van der Waals surface area (Å²) in [5.74, 6) is 0.726. The van der Waals surface area contributed by atoms with Gasteiger partial charge < -0.3 is 0 Å². The van der Waals surface area contributed by atoms with Crippen molar-refractivity contribution in [2.75, 3.05) is 0 Å². The van der Waals surface area contributed by atoms with E-state index in [9.17, 15) is 9.59 Å². The van der Waals surface area contributed by atoms with Crippen LogP contribution in [0, 0.1) is 11.3 Å². The minimum Gasteiger partial charge on any atom is -0.211 e. The first-order chi connectivity index (χ1) is 8.74. The fourth-order valence-corrected chi connectivity index (χ4v) is 3.81. The van der Waals surface area contributed by atoms with Gasteiger partial charge in [0.2, 0.25) is 12.2 Å². The van der Waals surface area contributed by atoms with E-state index in [0.717, 1.165) is 38.0 Å². The Morgan fingerprint density at radius 3 is 2.56 bits per heavy atom. The molecule has 3 aliphatic carbocycles. The largest absolute Gasteiger partial charge is 0.235 e. The molecule has 4 heteroatoms. The van der Waals surface area contributed by atoms with Crippen LogP contribution in [-0.2, 0) is 9.59 Å². The lowest BCUT2D eigenvalue weighted by atomic mass is 9.56. The minimum atomic E-state index is 0.0292. The predicted molar refractivity (Wildman–Crippen MR) is 67.7 cm³/mol. The second-order valence-corrected chi connectivity index (χ2v) is 5.76. The van der Waals surface area contributed by atoms with E-state index in [1.807, 2.05) is 6.92 Å². The highest BCUT2D eigenvalue weighted by molar-refractivity contribution is 5.35. The summed E-state index contributed by atoms with van der Waals surface area (Å²) in [7, 11) is 0. The number of nitrogens with zero attached hydrogens (tertiary/aromatic N) is 2. The molecular formula is C14H20N2O2. The van der Waals surface area contributed by atoms with Gasteiger partial charge in [-0.2, -0.15) is 0 Å². The summed E-state index contributed by atoms with van der Waals surface area (Å²) in [6, 6.07) is 0.125. The first-order valence-electron chi connectivity index (χ1n) is 6.88. The summed E-state index contributed by atoms with van der Waals surface area (Å²) >= 11 is 0. The molecule has 18 heavy (non-hydrogen) atoms. The maximum atomic E-state index is 10.6. The number of carbonyl (C=O) groups excluding carboxylic acids is 2. The molecule has 0 aromatic carbocycles. The van der Waals surface area contributed by atoms with Crippen LogP contribution in [-0.4, -0.2) is 24.2 Å². The molecule has 0 aromatic heterocycles. The van der Waals surface area contributed by atoms with E-state index in [0.29, 0.717) is 0 Å². The van der Waals surface area contributed by atoms with E-state index < -0.39 is 0 Å². The molecule has 3 fully saturated rings. The van der Waals surface area contributed by atoms with Crippen molar-refractivity contribution in [3.8, 4) is 0 Å². The summed E-state index contributed by atoms with van der Waals surface area (Å²) in [5, 5.41) is 0. The maximum absolute atomic E-state index is 10.6. The summed E-state index contributed by atoms with van der Waals surface area (Å²) in [6.07, 6.45) is 10.8. The average molecular weight is 248 g/mol. The molecule has 2 atom stereocenters. The highest BCUT2D eigenvalue weighted by atomic mass is 16.1. The van der Waals surface area contributed by atoms with Crippen LogP contribution in [0.3, 0.4) is 0 Å². The fraction of sp³-hybridized carbons (Fsp3) is 0.857. The highest BCUT2D eigenvalue weighted by Crippen LogP contribution is 2.54. The van der Waals surface area contributed by atoms with Crippen molar-refractivity contribution in [2.24, 2.45) is 21.3 Å². The SMILES string of the molecule is CCC(CC12CCC(CC1)CC2N=C=O)N=C=O. The standard InChI is InChI=1S/C14H20N2O2/c1-2-12(15-9-17)8-14-5-3-11(4-6-14)7-13(14)16-10-18/h11-13H,2-8H2,1H3. The first kappa shape index (κ1) is 13.2. The van der Waals surface area contributed by atoms with Gasteiger partial charge in [0, 0.05) is 0 Å². The van der Waals surface area contributed by atoms with Crippen LogP contribution in [0.5, 0.6) is 0 Å². The van der Waals surface area contributed by atoms with Gasteiger partial charge in [-0.1, -0.05) is 6.92 Å². The average Bonchev–Trinajstić information content (AvgIpc) is 2.40. The fourth-order valence-electron chi connectivity index (χ4n) is 3.81. The number of rotatable bonds is 5. The number of aliphatic imine (C=N–C) groups is 2. The first-order valence-corrected chi connectivity index (χ1v) is 6.88. The molecule has 2 bridgehead atoms. The molecule has 2 unspecified atom stereocenters. The Morgan fingerprint density at radius 2 is 2.00 bits per heavy atom. The lowest BCUT2D eigenvalue weighted by Crippen LogP contribution is -2.46. The zero-order valence-electron chi connectivity index (χ0n) is 10.9. The molecule has 0 aromatic rings. The van der Waals surface area contributed by atoms with Gasteiger partial charge in [0.25, 0.3) is 0 Å². The van der Waals surface area contributed by atoms with Gasteiger partial charge in [-0.15, -0.1) is 0 Å². The van der Waals surface area contributed by atoms with Crippen molar-refractivity contribution in [3.05, 3.63) is 0 Å². The molecule has 0 aliphatic heterocycles. The third kappa shape index (κ3) is 2.45. The summed E-state index contributed by atoms with van der Waals surface area (Å²) in [5.41, 5.74) is 0.0766. The predicted octanol–water partition coefficient (Wildman–Crippen LogP) is 2.78. The molecule has 3 aliphatic rings. The van der Waals surface area contributed by atoms with Gasteiger partial charge in [-0.25, -0.2) is 19.6 Å². The number of isocyanates is 2. The van der Waals surface area contributed by atoms with Gasteiger partial charge in [0.05, 0.1) is 12.1 Å². The van der Waals surface area contributed by atoms with E-state index in [4.69, 9.17) is 0 Å². The maximum Gasteiger partial charge on any atom is 0.235 e. The quantitative estimate of drug-likeness (QED) is 0.555. The summed E-state index contributed by atoms with van der Waals surface area (Å²) in [6.45, 7) is 2.04. The Labute approximate surface area is 108 Å². The zero-order chi connectivity index (χ0) is 13.0. The van der Waals surface area contributed by atoms with Crippen LogP contribution in [0.25, 0.3) is 0 Å². The number of hydrogen-bond acceptors (Lipinski definition) is 4. The number of hydrogen-bond donors (Lipinski definition) is 0. The van der Waals surface area contributed by atoms with Crippen molar-refractivity contribution in [1.82, 2.24) is 0 Å². The molecule has 0 saturated heterocycles. The molecule has 3 rings (SSSR count). The molecule has 0 amide bonds. The molecule has 4 nitrogen and oxygen atoms in total. The summed E-state index contributed by atoms with van der Waals surface area (Å²) < 4.78 is 0. The van der Waals surface area contributed by atoms with E-state index in [2.05, 4.69) is 9.98 Å². The van der Waals surface area contributed by atoms with Crippen LogP contribution < -0.4 is 0 Å². The lowest BCUT2D eigenvalue weighted by Gasteiger charge is -2.51. The second-order valence-electron chi connectivity index (χ2n) is 5.76. The smallest absolute Gasteiger partial charge is 0.211 e. The Bertz CT molecular complexity index is 387. The van der Waals surface area contributed by atoms with Crippen LogP contribution in [0.2, 0.25) is 0 Å². The molecule has 0 spiro atoms. The highest BCUT2D eigenvalue weighted by Gasteiger charge is 2.48. The van der Waals surface area contributed by atoms with E-state index >= 15 is 0 Å². The second kappa shape index (κ2) is 5.60. The zero-order valence-corrected chi connectivity index (χ0v) is 10.9. The van der Waals surface area contributed by atoms with Crippen molar-refractivity contribution in [1.29, 1.82) is 0 Å². The van der Waals surface area contributed by atoms with E-state index in [1.54, 1.807) is 12.2 Å². The molecule has 0 N–H and O–H groups in total. The van der Waals surface area contributed by atoms with Crippen LogP contribution in [0.15, 0.2) is 9.98 Å². The molecule has 98 valence electrons. The van der Waals surface area contributed by atoms with Crippen LogP contribution >= 0.6 is 0 Å². The Hall–Kier alpha value is -1.24.